The molecular weight excluding hydrogens is 374 g/mol. The molecule has 29 heavy (non-hydrogen) atoms. The molecule has 0 bridgehead atoms. The van der Waals surface area contributed by atoms with Crippen LogP contribution in [0.4, 0.5) is 5.69 Å². The zero-order chi connectivity index (χ0) is 20.4. The molecule has 2 aromatic heterocycles. The van der Waals surface area contributed by atoms with Gasteiger partial charge in [-0.2, -0.15) is 0 Å². The molecule has 0 spiro atoms. The Kier molecular flexibility index (Phi) is 5.22. The second-order valence-corrected chi connectivity index (χ2v) is 6.91. The smallest absolute Gasteiger partial charge is 0.272 e. The van der Waals surface area contributed by atoms with Crippen molar-refractivity contribution >= 4 is 17.2 Å². The van der Waals surface area contributed by atoms with Gasteiger partial charge in [0.05, 0.1) is 19.9 Å². The topological polar surface area (TPSA) is 110 Å². The van der Waals surface area contributed by atoms with Crippen LogP contribution >= 0.6 is 0 Å². The monoisotopic (exact) mass is 397 g/mol. The molecule has 4 rings (SSSR count). The van der Waals surface area contributed by atoms with Crippen LogP contribution in [0.1, 0.15) is 34.8 Å². The predicted octanol–water partition coefficient (Wildman–Crippen LogP) is 1.76. The van der Waals surface area contributed by atoms with Gasteiger partial charge in [-0.25, -0.2) is 9.50 Å². The third-order valence-electron chi connectivity index (χ3n) is 5.16. The van der Waals surface area contributed by atoms with Crippen LogP contribution < -0.4 is 25.7 Å². The number of nitrogens with one attached hydrogen (secondary N) is 3. The van der Waals surface area contributed by atoms with E-state index < -0.39 is 0 Å². The van der Waals surface area contributed by atoms with Crippen molar-refractivity contribution in [1.82, 2.24) is 19.9 Å². The van der Waals surface area contributed by atoms with E-state index in [9.17, 15) is 9.59 Å². The van der Waals surface area contributed by atoms with Crippen molar-refractivity contribution in [3.05, 3.63) is 52.1 Å². The van der Waals surface area contributed by atoms with E-state index in [0.717, 1.165) is 31.6 Å². The van der Waals surface area contributed by atoms with Gasteiger partial charge < -0.3 is 20.1 Å². The van der Waals surface area contributed by atoms with Gasteiger partial charge in [-0.15, -0.1) is 0 Å². The number of fused-ring (bicyclic) bond motifs is 1. The summed E-state index contributed by atoms with van der Waals surface area (Å²) in [5, 5.41) is 8.94. The summed E-state index contributed by atoms with van der Waals surface area (Å²) in [6.45, 7) is 1.79. The highest BCUT2D eigenvalue weighted by Crippen LogP contribution is 2.30. The van der Waals surface area contributed by atoms with Gasteiger partial charge in [0, 0.05) is 29.9 Å². The summed E-state index contributed by atoms with van der Waals surface area (Å²) in [7, 11) is 3.08. The molecule has 9 heteroatoms. The quantitative estimate of drug-likeness (QED) is 0.605. The van der Waals surface area contributed by atoms with E-state index in [1.54, 1.807) is 31.4 Å². The van der Waals surface area contributed by atoms with Gasteiger partial charge in [-0.1, -0.05) is 0 Å². The Labute approximate surface area is 167 Å². The maximum atomic E-state index is 12.9. The fourth-order valence-corrected chi connectivity index (χ4v) is 3.61. The molecule has 1 aliphatic heterocycles. The Bertz CT molecular complexity index is 1100. The lowest BCUT2D eigenvalue weighted by atomic mass is 9.94. The van der Waals surface area contributed by atoms with E-state index in [2.05, 4.69) is 20.7 Å². The molecule has 3 heterocycles. The lowest BCUT2D eigenvalue weighted by molar-refractivity contribution is 0.102. The van der Waals surface area contributed by atoms with Crippen LogP contribution in [0.2, 0.25) is 0 Å². The molecule has 1 aromatic carbocycles. The second-order valence-electron chi connectivity index (χ2n) is 6.91. The summed E-state index contributed by atoms with van der Waals surface area (Å²) in [5.74, 6) is 0.917. The lowest BCUT2D eigenvalue weighted by Crippen LogP contribution is -2.28. The number of amides is 1. The number of nitrogens with zero attached hydrogens (tertiary/aromatic N) is 2. The number of hydrogen-bond acceptors (Lipinski definition) is 6. The third kappa shape index (κ3) is 3.68. The minimum Gasteiger partial charge on any atom is -0.493 e. The van der Waals surface area contributed by atoms with Crippen molar-refractivity contribution < 1.29 is 14.3 Å². The van der Waals surface area contributed by atoms with E-state index in [1.165, 1.54) is 17.8 Å². The first-order valence-corrected chi connectivity index (χ1v) is 9.46. The van der Waals surface area contributed by atoms with E-state index in [-0.39, 0.29) is 17.4 Å². The molecule has 0 saturated carbocycles. The number of H-pyrrole nitrogens is 1. The molecule has 0 unspecified atom stereocenters. The summed E-state index contributed by atoms with van der Waals surface area (Å²) in [4.78, 5) is 30.0. The Morgan fingerprint density at radius 3 is 2.66 bits per heavy atom. The Morgan fingerprint density at radius 2 is 1.93 bits per heavy atom. The third-order valence-corrected chi connectivity index (χ3v) is 5.16. The average Bonchev–Trinajstić information content (AvgIpc) is 3.19. The first kappa shape index (κ1) is 19.0. The number of aromatic amines is 1. The van der Waals surface area contributed by atoms with Crippen molar-refractivity contribution in [2.75, 3.05) is 32.6 Å². The zero-order valence-corrected chi connectivity index (χ0v) is 16.3. The van der Waals surface area contributed by atoms with Crippen molar-refractivity contribution in [2.24, 2.45) is 0 Å². The number of piperidine rings is 1. The van der Waals surface area contributed by atoms with Gasteiger partial charge in [-0.05, 0) is 38.1 Å². The highest BCUT2D eigenvalue weighted by atomic mass is 16.5. The van der Waals surface area contributed by atoms with Crippen LogP contribution in [-0.2, 0) is 0 Å². The SMILES string of the molecule is COc1ccc(NC(=O)c2c[nH]n3c(=O)cc(C4CCNCC4)nc23)cc1OC. The number of hydrogen-bond donors (Lipinski definition) is 3. The fraction of sp³-hybridized carbons (Fsp3) is 0.350. The summed E-state index contributed by atoms with van der Waals surface area (Å²) < 4.78 is 11.8. The van der Waals surface area contributed by atoms with Gasteiger partial charge in [0.25, 0.3) is 11.5 Å². The van der Waals surface area contributed by atoms with Gasteiger partial charge in [0.1, 0.15) is 5.56 Å². The minimum absolute atomic E-state index is 0.214. The number of ether oxygens (including phenoxy) is 2. The molecule has 3 N–H and O–H groups in total. The maximum Gasteiger partial charge on any atom is 0.272 e. The van der Waals surface area contributed by atoms with Gasteiger partial charge in [-0.3, -0.25) is 14.7 Å². The molecule has 0 atom stereocenters. The Balaban J connectivity index is 1.65. The lowest BCUT2D eigenvalue weighted by Gasteiger charge is -2.21. The fourth-order valence-electron chi connectivity index (χ4n) is 3.61. The molecule has 9 nitrogen and oxygen atoms in total. The molecule has 3 aromatic rings. The van der Waals surface area contributed by atoms with Crippen molar-refractivity contribution in [2.45, 2.75) is 18.8 Å². The number of benzene rings is 1. The maximum absolute atomic E-state index is 12.9. The first-order valence-electron chi connectivity index (χ1n) is 9.46. The highest BCUT2D eigenvalue weighted by Gasteiger charge is 2.21. The standard InChI is InChI=1S/C20H23N5O4/c1-28-16-4-3-13(9-17(16)29-2)23-20(27)14-11-22-25-18(26)10-15(24-19(14)25)12-5-7-21-8-6-12/h3-4,9-12,21-22H,5-8H2,1-2H3,(H,23,27). The van der Waals surface area contributed by atoms with Crippen molar-refractivity contribution in [3.8, 4) is 11.5 Å². The number of aromatic nitrogens is 3. The van der Waals surface area contributed by atoms with Gasteiger partial charge in [0.2, 0.25) is 0 Å². The normalized spacial score (nSPS) is 14.7. The van der Waals surface area contributed by atoms with E-state index in [0.29, 0.717) is 28.4 Å². The van der Waals surface area contributed by atoms with Crippen LogP contribution in [0.5, 0.6) is 11.5 Å². The highest BCUT2D eigenvalue weighted by molar-refractivity contribution is 6.08. The molecule has 1 fully saturated rings. The number of rotatable bonds is 5. The molecule has 1 saturated heterocycles. The van der Waals surface area contributed by atoms with Crippen molar-refractivity contribution in [1.29, 1.82) is 0 Å². The van der Waals surface area contributed by atoms with E-state index in [4.69, 9.17) is 9.47 Å². The first-order chi connectivity index (χ1) is 14.1. The van der Waals surface area contributed by atoms with Crippen LogP contribution in [0.25, 0.3) is 5.65 Å². The molecule has 0 radical (unpaired) electrons. The summed E-state index contributed by atoms with van der Waals surface area (Å²) in [6, 6.07) is 6.65. The van der Waals surface area contributed by atoms with E-state index >= 15 is 0 Å². The number of carbonyl (C=O) groups is 1. The van der Waals surface area contributed by atoms with Crippen LogP contribution in [-0.4, -0.2) is 47.8 Å². The number of methoxy groups -OCH3 is 2. The minimum atomic E-state index is -0.370. The molecule has 1 aliphatic rings. The van der Waals surface area contributed by atoms with Gasteiger partial charge >= 0.3 is 0 Å². The Hall–Kier alpha value is -3.33. The van der Waals surface area contributed by atoms with Crippen LogP contribution in [0.3, 0.4) is 0 Å². The van der Waals surface area contributed by atoms with E-state index in [1.807, 2.05) is 0 Å². The molecule has 1 amide bonds. The number of carbonyl (C=O) groups excluding carboxylic acids is 1. The number of anilines is 1. The van der Waals surface area contributed by atoms with Crippen molar-refractivity contribution in [3.63, 3.8) is 0 Å². The largest absolute Gasteiger partial charge is 0.493 e. The summed E-state index contributed by atoms with van der Waals surface area (Å²) in [6.07, 6.45) is 3.33. The molecule has 152 valence electrons. The average molecular weight is 397 g/mol. The van der Waals surface area contributed by atoms with Gasteiger partial charge in [0.15, 0.2) is 17.1 Å². The zero-order valence-electron chi connectivity index (χ0n) is 16.3. The van der Waals surface area contributed by atoms with Crippen LogP contribution in [0, 0.1) is 0 Å². The predicted molar refractivity (Wildman–Crippen MR) is 108 cm³/mol. The summed E-state index contributed by atoms with van der Waals surface area (Å²) in [5.41, 5.74) is 1.67. The summed E-state index contributed by atoms with van der Waals surface area (Å²) >= 11 is 0. The Morgan fingerprint density at radius 1 is 1.17 bits per heavy atom. The molecule has 0 aliphatic carbocycles. The van der Waals surface area contributed by atoms with Crippen LogP contribution in [0.15, 0.2) is 35.3 Å². The molecular formula is C20H23N5O4. The second kappa shape index (κ2) is 7.96.